The van der Waals surface area contributed by atoms with Gasteiger partial charge in [-0.05, 0) is 49.0 Å². The van der Waals surface area contributed by atoms with Crippen molar-refractivity contribution < 1.29 is 13.2 Å². The number of hydrogen-bond donors (Lipinski definition) is 2. The van der Waals surface area contributed by atoms with Gasteiger partial charge in [-0.3, -0.25) is 0 Å². The minimum Gasteiger partial charge on any atom is -0.361 e. The van der Waals surface area contributed by atoms with Crippen molar-refractivity contribution in [2.24, 2.45) is 5.92 Å². The molecule has 1 aromatic heterocycles. The fourth-order valence-electron chi connectivity index (χ4n) is 2.82. The molecular formula is C15H17F3N2. The quantitative estimate of drug-likeness (QED) is 0.874. The Labute approximate surface area is 115 Å². The molecular weight excluding hydrogens is 265 g/mol. The summed E-state index contributed by atoms with van der Waals surface area (Å²) in [6, 6.07) is 3.95. The van der Waals surface area contributed by atoms with Crippen LogP contribution >= 0.6 is 0 Å². The second-order valence-electron chi connectivity index (χ2n) is 5.41. The molecule has 108 valence electrons. The first-order valence-corrected chi connectivity index (χ1v) is 6.89. The van der Waals surface area contributed by atoms with Gasteiger partial charge in [0.25, 0.3) is 0 Å². The van der Waals surface area contributed by atoms with Crippen LogP contribution in [0.3, 0.4) is 0 Å². The highest BCUT2D eigenvalue weighted by molar-refractivity contribution is 5.85. The minimum absolute atomic E-state index is 0.472. The summed E-state index contributed by atoms with van der Waals surface area (Å²) in [5.74, 6) is 1.08. The van der Waals surface area contributed by atoms with Crippen molar-refractivity contribution in [3.8, 4) is 0 Å². The molecule has 1 fully saturated rings. The predicted molar refractivity (Wildman–Crippen MR) is 72.7 cm³/mol. The molecule has 1 aromatic carbocycles. The molecule has 1 unspecified atom stereocenters. The van der Waals surface area contributed by atoms with Gasteiger partial charge in [0.1, 0.15) is 0 Å². The summed E-state index contributed by atoms with van der Waals surface area (Å²) in [4.78, 5) is 2.98. The fraction of sp³-hybridized carbons (Fsp3) is 0.467. The van der Waals surface area contributed by atoms with Gasteiger partial charge in [0.2, 0.25) is 0 Å². The number of aromatic nitrogens is 1. The summed E-state index contributed by atoms with van der Waals surface area (Å²) in [5.41, 5.74) is 1.12. The van der Waals surface area contributed by atoms with E-state index in [0.717, 1.165) is 30.5 Å². The topological polar surface area (TPSA) is 27.8 Å². The molecule has 1 saturated carbocycles. The van der Waals surface area contributed by atoms with Gasteiger partial charge in [-0.25, -0.2) is 0 Å². The Bertz CT molecular complexity index is 615. The third kappa shape index (κ3) is 2.42. The molecule has 1 aliphatic carbocycles. The van der Waals surface area contributed by atoms with Gasteiger partial charge in [-0.1, -0.05) is 13.0 Å². The lowest BCUT2D eigenvalue weighted by atomic mass is 10.1. The van der Waals surface area contributed by atoms with Crippen LogP contribution in [0.4, 0.5) is 13.2 Å². The number of hydrogen-bond acceptors (Lipinski definition) is 1. The Morgan fingerprint density at radius 1 is 1.35 bits per heavy atom. The lowest BCUT2D eigenvalue weighted by Crippen LogP contribution is -2.16. The van der Waals surface area contributed by atoms with Crippen molar-refractivity contribution in [1.29, 1.82) is 0 Å². The van der Waals surface area contributed by atoms with Crippen LogP contribution in [0.2, 0.25) is 0 Å². The van der Waals surface area contributed by atoms with Crippen LogP contribution in [-0.4, -0.2) is 18.1 Å². The van der Waals surface area contributed by atoms with Crippen molar-refractivity contribution in [2.75, 3.05) is 13.1 Å². The highest BCUT2D eigenvalue weighted by Gasteiger charge is 2.39. The molecule has 2 atom stereocenters. The average molecular weight is 282 g/mol. The highest BCUT2D eigenvalue weighted by atomic mass is 19.4. The molecule has 3 rings (SSSR count). The lowest BCUT2D eigenvalue weighted by molar-refractivity contribution is -0.137. The third-order valence-electron chi connectivity index (χ3n) is 4.02. The summed E-state index contributed by atoms with van der Waals surface area (Å²) in [5, 5.41) is 4.24. The average Bonchev–Trinajstić information content (AvgIpc) is 3.04. The fourth-order valence-corrected chi connectivity index (χ4v) is 2.82. The van der Waals surface area contributed by atoms with E-state index >= 15 is 0 Å². The van der Waals surface area contributed by atoms with Crippen LogP contribution < -0.4 is 5.32 Å². The maximum Gasteiger partial charge on any atom is 0.416 e. The Hall–Kier alpha value is -1.49. The number of rotatable bonds is 4. The van der Waals surface area contributed by atoms with E-state index in [1.807, 2.05) is 6.20 Å². The second-order valence-corrected chi connectivity index (χ2v) is 5.41. The van der Waals surface area contributed by atoms with Crippen LogP contribution in [0.5, 0.6) is 0 Å². The van der Waals surface area contributed by atoms with Crippen molar-refractivity contribution >= 4 is 10.9 Å². The smallest absolute Gasteiger partial charge is 0.361 e. The largest absolute Gasteiger partial charge is 0.416 e. The Kier molecular flexibility index (Phi) is 3.24. The van der Waals surface area contributed by atoms with E-state index in [1.165, 1.54) is 12.1 Å². The summed E-state index contributed by atoms with van der Waals surface area (Å²) >= 11 is 0. The van der Waals surface area contributed by atoms with Crippen molar-refractivity contribution in [3.63, 3.8) is 0 Å². The Morgan fingerprint density at radius 3 is 2.85 bits per heavy atom. The van der Waals surface area contributed by atoms with Gasteiger partial charge in [-0.15, -0.1) is 0 Å². The summed E-state index contributed by atoms with van der Waals surface area (Å²) in [6.07, 6.45) is -1.31. The first-order chi connectivity index (χ1) is 9.50. The van der Waals surface area contributed by atoms with Crippen LogP contribution in [-0.2, 0) is 6.18 Å². The van der Waals surface area contributed by atoms with Gasteiger partial charge < -0.3 is 10.3 Å². The zero-order valence-corrected chi connectivity index (χ0v) is 11.2. The zero-order valence-electron chi connectivity index (χ0n) is 11.2. The summed E-state index contributed by atoms with van der Waals surface area (Å²) < 4.78 is 38.0. The van der Waals surface area contributed by atoms with Gasteiger partial charge in [0, 0.05) is 17.1 Å². The van der Waals surface area contributed by atoms with E-state index in [0.29, 0.717) is 17.4 Å². The van der Waals surface area contributed by atoms with Gasteiger partial charge >= 0.3 is 6.18 Å². The molecule has 20 heavy (non-hydrogen) atoms. The van der Waals surface area contributed by atoms with Crippen LogP contribution in [0.25, 0.3) is 10.9 Å². The molecule has 0 aliphatic heterocycles. The van der Waals surface area contributed by atoms with E-state index in [9.17, 15) is 13.2 Å². The number of aromatic amines is 1. The number of benzene rings is 1. The number of halogens is 3. The van der Waals surface area contributed by atoms with Gasteiger partial charge in [-0.2, -0.15) is 13.2 Å². The standard InChI is InChI=1S/C15H17F3N2/c1-2-19-7-9-5-12(9)13-8-20-14-6-10(15(16,17)18)3-4-11(13)14/h3-4,6,8-9,12,19-20H,2,5,7H2,1H3/t9?,12-/m0/s1. The van der Waals surface area contributed by atoms with E-state index in [1.54, 1.807) is 6.07 Å². The Morgan fingerprint density at radius 2 is 2.15 bits per heavy atom. The predicted octanol–water partition coefficient (Wildman–Crippen LogP) is 3.90. The van der Waals surface area contributed by atoms with Crippen LogP contribution in [0.15, 0.2) is 24.4 Å². The highest BCUT2D eigenvalue weighted by Crippen LogP contribution is 2.49. The van der Waals surface area contributed by atoms with E-state index in [4.69, 9.17) is 0 Å². The van der Waals surface area contributed by atoms with E-state index < -0.39 is 11.7 Å². The third-order valence-corrected chi connectivity index (χ3v) is 4.02. The molecule has 1 heterocycles. The number of H-pyrrole nitrogens is 1. The molecule has 1 aliphatic rings. The first-order valence-electron chi connectivity index (χ1n) is 6.89. The Balaban J connectivity index is 1.85. The minimum atomic E-state index is -4.29. The van der Waals surface area contributed by atoms with Crippen LogP contribution in [0, 0.1) is 5.92 Å². The molecule has 2 nitrogen and oxygen atoms in total. The molecule has 0 radical (unpaired) electrons. The molecule has 5 heteroatoms. The van der Waals surface area contributed by atoms with Gasteiger partial charge in [0.15, 0.2) is 0 Å². The van der Waals surface area contributed by atoms with Crippen molar-refractivity contribution in [3.05, 3.63) is 35.5 Å². The second kappa shape index (κ2) is 4.81. The maximum atomic E-state index is 12.7. The summed E-state index contributed by atoms with van der Waals surface area (Å²) in [6.45, 7) is 4.00. The zero-order chi connectivity index (χ0) is 14.3. The molecule has 0 spiro atoms. The number of fused-ring (bicyclic) bond motifs is 1. The summed E-state index contributed by atoms with van der Waals surface area (Å²) in [7, 11) is 0. The number of alkyl halides is 3. The monoisotopic (exact) mass is 282 g/mol. The lowest BCUT2D eigenvalue weighted by Gasteiger charge is -2.06. The van der Waals surface area contributed by atoms with Crippen molar-refractivity contribution in [1.82, 2.24) is 10.3 Å². The maximum absolute atomic E-state index is 12.7. The number of nitrogens with one attached hydrogen (secondary N) is 2. The first kappa shape index (κ1) is 13.5. The van der Waals surface area contributed by atoms with E-state index in [-0.39, 0.29) is 0 Å². The van der Waals surface area contributed by atoms with Gasteiger partial charge in [0.05, 0.1) is 5.56 Å². The molecule has 2 N–H and O–H groups in total. The normalized spacial score (nSPS) is 22.4. The van der Waals surface area contributed by atoms with Crippen molar-refractivity contribution in [2.45, 2.75) is 25.4 Å². The molecule has 0 amide bonds. The van der Waals surface area contributed by atoms with Crippen LogP contribution in [0.1, 0.15) is 30.4 Å². The molecule has 0 saturated heterocycles. The molecule has 0 bridgehead atoms. The van der Waals surface area contributed by atoms with E-state index in [2.05, 4.69) is 17.2 Å². The molecule has 2 aromatic rings. The SMILES string of the molecule is CCNCC1C[C@@H]1c1c[nH]c2cc(C(F)(F)F)ccc12.